The maximum absolute atomic E-state index is 10.3. The molecule has 0 unspecified atom stereocenters. The molecule has 1 rings (SSSR count). The van der Waals surface area contributed by atoms with Gasteiger partial charge in [0.25, 0.3) is 0 Å². The Kier molecular flexibility index (Phi) is 6.08. The van der Waals surface area contributed by atoms with Gasteiger partial charge in [-0.1, -0.05) is 39.0 Å². The Morgan fingerprint density at radius 3 is 2.38 bits per heavy atom. The predicted octanol–water partition coefficient (Wildman–Crippen LogP) is -1.88. The largest absolute Gasteiger partial charge is 1.00 e. The summed E-state index contributed by atoms with van der Waals surface area (Å²) in [5.74, 6) is -0.604. The Bertz CT molecular complexity index is 356. The molecule has 0 N–H and O–H groups in total. The third-order valence-corrected chi connectivity index (χ3v) is 2.04. The third-order valence-electron chi connectivity index (χ3n) is 2.04. The van der Waals surface area contributed by atoms with Gasteiger partial charge in [0.1, 0.15) is 12.4 Å². The quantitative estimate of drug-likeness (QED) is 0.571. The summed E-state index contributed by atoms with van der Waals surface area (Å²) in [6, 6.07) is 7.43. The standard InChI is InChI=1S/C12H16O3.Na/c1-12(2,3)9-6-4-5-7-10(9)15-8-11(13)14;/h4-7H,8H2,1-3H3,(H,13,14);/q;+1/p-1. The maximum Gasteiger partial charge on any atom is 1.00 e. The van der Waals surface area contributed by atoms with Gasteiger partial charge in [0, 0.05) is 0 Å². The number of carbonyl (C=O) groups excluding carboxylic acids is 1. The molecule has 0 aromatic heterocycles. The molecule has 1 aromatic rings. The van der Waals surface area contributed by atoms with E-state index in [1.54, 1.807) is 6.07 Å². The SMILES string of the molecule is CC(C)(C)c1ccccc1OCC(=O)[O-].[Na+]. The smallest absolute Gasteiger partial charge is 0.546 e. The fourth-order valence-corrected chi connectivity index (χ4v) is 1.35. The number of aliphatic carboxylic acids is 1. The van der Waals surface area contributed by atoms with E-state index in [-0.39, 0.29) is 35.0 Å². The van der Waals surface area contributed by atoms with Crippen molar-refractivity contribution in [3.63, 3.8) is 0 Å². The normalized spacial score (nSPS) is 10.4. The van der Waals surface area contributed by atoms with Crippen LogP contribution >= 0.6 is 0 Å². The number of hydrogen-bond donors (Lipinski definition) is 0. The Morgan fingerprint density at radius 2 is 1.88 bits per heavy atom. The van der Waals surface area contributed by atoms with Gasteiger partial charge in [0.05, 0.1) is 5.97 Å². The number of carbonyl (C=O) groups is 1. The van der Waals surface area contributed by atoms with Crippen LogP contribution in [0, 0.1) is 0 Å². The molecular formula is C12H15NaO3. The summed E-state index contributed by atoms with van der Waals surface area (Å²) in [4.78, 5) is 10.3. The van der Waals surface area contributed by atoms with Crippen LogP contribution in [-0.4, -0.2) is 12.6 Å². The van der Waals surface area contributed by atoms with Crippen molar-refractivity contribution in [1.29, 1.82) is 0 Å². The molecule has 0 bridgehead atoms. The minimum absolute atomic E-state index is 0. The molecule has 0 spiro atoms. The zero-order valence-electron chi connectivity index (χ0n) is 10.2. The summed E-state index contributed by atoms with van der Waals surface area (Å²) in [7, 11) is 0. The Morgan fingerprint density at radius 1 is 1.31 bits per heavy atom. The van der Waals surface area contributed by atoms with Crippen LogP contribution in [-0.2, 0) is 10.2 Å². The summed E-state index contributed by atoms with van der Waals surface area (Å²) in [6.07, 6.45) is 0. The number of para-hydroxylation sites is 1. The van der Waals surface area contributed by atoms with Crippen LogP contribution in [0.5, 0.6) is 5.75 Å². The van der Waals surface area contributed by atoms with Gasteiger partial charge in [-0.05, 0) is 17.0 Å². The second-order valence-electron chi connectivity index (χ2n) is 4.41. The zero-order valence-corrected chi connectivity index (χ0v) is 12.2. The van der Waals surface area contributed by atoms with Gasteiger partial charge < -0.3 is 14.6 Å². The van der Waals surface area contributed by atoms with Crippen molar-refractivity contribution >= 4 is 5.97 Å². The van der Waals surface area contributed by atoms with E-state index in [4.69, 9.17) is 4.74 Å². The van der Waals surface area contributed by atoms with Crippen LogP contribution in [0.25, 0.3) is 0 Å². The van der Waals surface area contributed by atoms with E-state index in [0.29, 0.717) is 5.75 Å². The van der Waals surface area contributed by atoms with E-state index in [1.807, 2.05) is 39.0 Å². The molecule has 4 heteroatoms. The van der Waals surface area contributed by atoms with Crippen LogP contribution in [0.1, 0.15) is 26.3 Å². The van der Waals surface area contributed by atoms with E-state index in [9.17, 15) is 9.90 Å². The summed E-state index contributed by atoms with van der Waals surface area (Å²) in [5.41, 5.74) is 0.925. The van der Waals surface area contributed by atoms with Crippen molar-refractivity contribution in [3.05, 3.63) is 29.8 Å². The molecule has 1 aromatic carbocycles. The van der Waals surface area contributed by atoms with Crippen LogP contribution < -0.4 is 39.4 Å². The van der Waals surface area contributed by atoms with Gasteiger partial charge in [-0.15, -0.1) is 0 Å². The van der Waals surface area contributed by atoms with Crippen LogP contribution in [0.15, 0.2) is 24.3 Å². The molecule has 0 saturated carbocycles. The molecule has 0 saturated heterocycles. The van der Waals surface area contributed by atoms with Crippen molar-refractivity contribution in [2.24, 2.45) is 0 Å². The summed E-state index contributed by atoms with van der Waals surface area (Å²) < 4.78 is 5.16. The van der Waals surface area contributed by atoms with Crippen LogP contribution in [0.2, 0.25) is 0 Å². The van der Waals surface area contributed by atoms with Crippen LogP contribution in [0.4, 0.5) is 0 Å². The maximum atomic E-state index is 10.3. The first kappa shape index (κ1) is 15.5. The number of carboxylic acids is 1. The molecule has 0 aliphatic rings. The van der Waals surface area contributed by atoms with Crippen molar-refractivity contribution in [2.75, 3.05) is 6.61 Å². The number of carboxylic acid groups (broad SMARTS) is 1. The molecule has 82 valence electrons. The first-order valence-corrected chi connectivity index (χ1v) is 4.83. The minimum Gasteiger partial charge on any atom is -0.546 e. The average molecular weight is 230 g/mol. The van der Waals surface area contributed by atoms with Gasteiger partial charge in [-0.3, -0.25) is 0 Å². The molecule has 0 amide bonds. The molecule has 16 heavy (non-hydrogen) atoms. The Hall–Kier alpha value is -0.510. The van der Waals surface area contributed by atoms with E-state index in [2.05, 4.69) is 0 Å². The Balaban J connectivity index is 0.00000225. The third kappa shape index (κ3) is 4.56. The monoisotopic (exact) mass is 230 g/mol. The van der Waals surface area contributed by atoms with E-state index < -0.39 is 12.6 Å². The van der Waals surface area contributed by atoms with Crippen molar-refractivity contribution in [2.45, 2.75) is 26.2 Å². The predicted molar refractivity (Wildman–Crippen MR) is 55.6 cm³/mol. The fourth-order valence-electron chi connectivity index (χ4n) is 1.35. The van der Waals surface area contributed by atoms with Gasteiger partial charge in [-0.2, -0.15) is 0 Å². The minimum atomic E-state index is -1.21. The number of ether oxygens (including phenoxy) is 1. The molecule has 0 aliphatic carbocycles. The van der Waals surface area contributed by atoms with E-state index in [1.165, 1.54) is 0 Å². The van der Waals surface area contributed by atoms with Gasteiger partial charge in [-0.25, -0.2) is 0 Å². The second-order valence-corrected chi connectivity index (χ2v) is 4.41. The van der Waals surface area contributed by atoms with E-state index in [0.717, 1.165) is 5.56 Å². The summed E-state index contributed by atoms with van der Waals surface area (Å²) in [6.45, 7) is 5.74. The summed E-state index contributed by atoms with van der Waals surface area (Å²) >= 11 is 0. The molecule has 3 nitrogen and oxygen atoms in total. The first-order valence-electron chi connectivity index (χ1n) is 4.83. The second kappa shape index (κ2) is 6.28. The topological polar surface area (TPSA) is 49.4 Å². The number of rotatable bonds is 3. The van der Waals surface area contributed by atoms with Crippen molar-refractivity contribution < 1.29 is 44.2 Å². The van der Waals surface area contributed by atoms with Gasteiger partial charge in [0.2, 0.25) is 0 Å². The molecule has 0 radical (unpaired) electrons. The molecule has 0 fully saturated rings. The average Bonchev–Trinajstić information content (AvgIpc) is 2.13. The number of hydrogen-bond acceptors (Lipinski definition) is 3. The van der Waals surface area contributed by atoms with E-state index >= 15 is 0 Å². The molecule has 0 atom stereocenters. The van der Waals surface area contributed by atoms with Gasteiger partial charge >= 0.3 is 29.6 Å². The molecular weight excluding hydrogens is 215 g/mol. The van der Waals surface area contributed by atoms with Crippen molar-refractivity contribution in [1.82, 2.24) is 0 Å². The Labute approximate surface area is 118 Å². The number of benzene rings is 1. The van der Waals surface area contributed by atoms with Crippen molar-refractivity contribution in [3.8, 4) is 5.75 Å². The zero-order chi connectivity index (χ0) is 11.5. The fraction of sp³-hybridized carbons (Fsp3) is 0.417. The molecule has 0 aliphatic heterocycles. The summed E-state index contributed by atoms with van der Waals surface area (Å²) in [5, 5.41) is 10.3. The first-order chi connectivity index (χ1) is 6.91. The molecule has 0 heterocycles. The van der Waals surface area contributed by atoms with Crippen LogP contribution in [0.3, 0.4) is 0 Å². The van der Waals surface area contributed by atoms with Gasteiger partial charge in [0.15, 0.2) is 0 Å².